The quantitative estimate of drug-likeness (QED) is 0.738. The monoisotopic (exact) mass is 348 g/mol. The second-order valence-corrected chi connectivity index (χ2v) is 6.82. The summed E-state index contributed by atoms with van der Waals surface area (Å²) in [6.45, 7) is 7.01. The van der Waals surface area contributed by atoms with Crippen molar-refractivity contribution in [1.82, 2.24) is 20.1 Å². The Morgan fingerprint density at radius 2 is 1.73 bits per heavy atom. The van der Waals surface area contributed by atoms with Crippen LogP contribution in [0.15, 0.2) is 61.1 Å². The molecule has 0 bridgehead atoms. The number of nitrogens with one attached hydrogen (secondary N) is 1. The molecule has 1 amide bonds. The number of carbonyl (C=O) groups is 1. The summed E-state index contributed by atoms with van der Waals surface area (Å²) in [6.07, 6.45) is 5.13. The van der Waals surface area contributed by atoms with Crippen LogP contribution < -0.4 is 5.32 Å². The second-order valence-electron chi connectivity index (χ2n) is 6.82. The molecule has 26 heavy (non-hydrogen) atoms. The fraction of sp³-hybridized carbons (Fsp3) is 0.286. The molecule has 134 valence electrons. The van der Waals surface area contributed by atoms with Gasteiger partial charge in [0.05, 0.1) is 17.8 Å². The average molecular weight is 348 g/mol. The molecule has 0 saturated heterocycles. The minimum absolute atomic E-state index is 0.122. The summed E-state index contributed by atoms with van der Waals surface area (Å²) in [5.74, 6) is 0.349. The largest absolute Gasteiger partial charge is 0.341 e. The van der Waals surface area contributed by atoms with Crippen LogP contribution in [0.1, 0.15) is 47.1 Å². The maximum Gasteiger partial charge on any atom is 0.255 e. The average Bonchev–Trinajstić information content (AvgIpc) is 3.01. The summed E-state index contributed by atoms with van der Waals surface area (Å²) in [5.41, 5.74) is 3.52. The van der Waals surface area contributed by atoms with E-state index < -0.39 is 0 Å². The van der Waals surface area contributed by atoms with Crippen molar-refractivity contribution in [1.29, 1.82) is 0 Å². The van der Waals surface area contributed by atoms with Crippen LogP contribution in [-0.2, 0) is 6.54 Å². The molecule has 5 nitrogen and oxygen atoms in total. The zero-order valence-electron chi connectivity index (χ0n) is 15.4. The van der Waals surface area contributed by atoms with Crippen molar-refractivity contribution < 1.29 is 4.79 Å². The van der Waals surface area contributed by atoms with E-state index in [1.54, 1.807) is 18.6 Å². The molecule has 1 N–H and O–H groups in total. The maximum absolute atomic E-state index is 12.9. The lowest BCUT2D eigenvalue weighted by atomic mass is 9.99. The van der Waals surface area contributed by atoms with Crippen molar-refractivity contribution in [2.75, 3.05) is 0 Å². The Balaban J connectivity index is 1.88. The molecular weight excluding hydrogens is 324 g/mol. The first kappa shape index (κ1) is 17.9. The smallest absolute Gasteiger partial charge is 0.255 e. The number of hydrogen-bond donors (Lipinski definition) is 1. The zero-order valence-corrected chi connectivity index (χ0v) is 15.4. The van der Waals surface area contributed by atoms with E-state index in [1.165, 1.54) is 0 Å². The van der Waals surface area contributed by atoms with Crippen molar-refractivity contribution >= 4 is 5.91 Å². The number of hydrogen-bond acceptors (Lipinski definition) is 3. The lowest BCUT2D eigenvalue weighted by molar-refractivity contribution is 0.0942. The molecular formula is C21H24N4O. The molecule has 5 heteroatoms. The van der Waals surface area contributed by atoms with Gasteiger partial charge in [0.25, 0.3) is 5.91 Å². The topological polar surface area (TPSA) is 59.8 Å². The van der Waals surface area contributed by atoms with Crippen LogP contribution in [0.2, 0.25) is 0 Å². The Hall–Kier alpha value is -2.95. The predicted molar refractivity (Wildman–Crippen MR) is 102 cm³/mol. The summed E-state index contributed by atoms with van der Waals surface area (Å²) < 4.78 is 1.89. The van der Waals surface area contributed by atoms with Crippen LogP contribution in [0.3, 0.4) is 0 Å². The highest BCUT2D eigenvalue weighted by Crippen LogP contribution is 2.22. The molecule has 3 rings (SSSR count). The number of pyridine rings is 1. The highest BCUT2D eigenvalue weighted by atomic mass is 16.1. The normalized spacial score (nSPS) is 12.2. The molecule has 0 aliphatic rings. The van der Waals surface area contributed by atoms with Gasteiger partial charge in [0.15, 0.2) is 0 Å². The van der Waals surface area contributed by atoms with Gasteiger partial charge in [-0.15, -0.1) is 0 Å². The highest BCUT2D eigenvalue weighted by Gasteiger charge is 2.21. The van der Waals surface area contributed by atoms with Crippen LogP contribution in [-0.4, -0.2) is 20.7 Å². The predicted octanol–water partition coefficient (Wildman–Crippen LogP) is 3.76. The van der Waals surface area contributed by atoms with Crippen molar-refractivity contribution in [2.24, 2.45) is 5.92 Å². The molecule has 0 saturated carbocycles. The third-order valence-electron chi connectivity index (χ3n) is 4.33. The van der Waals surface area contributed by atoms with Gasteiger partial charge in [-0.2, -0.15) is 5.10 Å². The molecule has 0 aliphatic carbocycles. The van der Waals surface area contributed by atoms with Gasteiger partial charge >= 0.3 is 0 Å². The van der Waals surface area contributed by atoms with Gasteiger partial charge in [-0.05, 0) is 36.1 Å². The summed E-state index contributed by atoms with van der Waals surface area (Å²) in [5, 5.41) is 7.53. The van der Waals surface area contributed by atoms with Crippen molar-refractivity contribution in [3.8, 4) is 0 Å². The molecule has 1 aromatic carbocycles. The number of rotatable bonds is 6. The Labute approximate surface area is 154 Å². The summed E-state index contributed by atoms with van der Waals surface area (Å²) >= 11 is 0. The minimum Gasteiger partial charge on any atom is -0.341 e. The summed E-state index contributed by atoms with van der Waals surface area (Å²) in [4.78, 5) is 17.0. The SMILES string of the molecule is Cc1c(C(=O)NC(c2ccccc2)c2ccncc2)cnn1CC(C)C. The lowest BCUT2D eigenvalue weighted by Crippen LogP contribution is -2.29. The Morgan fingerprint density at radius 1 is 1.08 bits per heavy atom. The van der Waals surface area contributed by atoms with Crippen molar-refractivity contribution in [3.63, 3.8) is 0 Å². The number of nitrogens with zero attached hydrogens (tertiary/aromatic N) is 3. The lowest BCUT2D eigenvalue weighted by Gasteiger charge is -2.19. The van der Waals surface area contributed by atoms with Crippen LogP contribution >= 0.6 is 0 Å². The molecule has 1 atom stereocenters. The Morgan fingerprint density at radius 3 is 2.38 bits per heavy atom. The van der Waals surface area contributed by atoms with E-state index in [1.807, 2.05) is 54.1 Å². The van der Waals surface area contributed by atoms with Crippen LogP contribution in [0.4, 0.5) is 0 Å². The van der Waals surface area contributed by atoms with E-state index >= 15 is 0 Å². The van der Waals surface area contributed by atoms with Crippen molar-refractivity contribution in [3.05, 3.63) is 83.4 Å². The standard InChI is InChI=1S/C21H24N4O/c1-15(2)14-25-16(3)19(13-23-25)21(26)24-20(17-7-5-4-6-8-17)18-9-11-22-12-10-18/h4-13,15,20H,14H2,1-3H3,(H,24,26). The Kier molecular flexibility index (Phi) is 5.46. The van der Waals surface area contributed by atoms with Gasteiger partial charge in [-0.1, -0.05) is 44.2 Å². The van der Waals surface area contributed by atoms with Gasteiger partial charge in [0.2, 0.25) is 0 Å². The van der Waals surface area contributed by atoms with Gasteiger partial charge in [0, 0.05) is 24.6 Å². The molecule has 0 aliphatic heterocycles. The third kappa shape index (κ3) is 3.99. The van der Waals surface area contributed by atoms with Gasteiger partial charge in [-0.25, -0.2) is 0 Å². The van der Waals surface area contributed by atoms with E-state index in [0.717, 1.165) is 23.4 Å². The third-order valence-corrected chi connectivity index (χ3v) is 4.33. The number of amides is 1. The summed E-state index contributed by atoms with van der Waals surface area (Å²) in [7, 11) is 0. The highest BCUT2D eigenvalue weighted by molar-refractivity contribution is 5.95. The molecule has 0 fully saturated rings. The van der Waals surface area contributed by atoms with Gasteiger partial charge in [-0.3, -0.25) is 14.5 Å². The first-order chi connectivity index (χ1) is 12.6. The molecule has 3 aromatic rings. The van der Waals surface area contributed by atoms with E-state index in [-0.39, 0.29) is 11.9 Å². The zero-order chi connectivity index (χ0) is 18.5. The minimum atomic E-state index is -0.237. The van der Waals surface area contributed by atoms with E-state index in [0.29, 0.717) is 11.5 Å². The van der Waals surface area contributed by atoms with E-state index in [2.05, 4.69) is 29.2 Å². The second kappa shape index (κ2) is 7.95. The van der Waals surface area contributed by atoms with Crippen molar-refractivity contribution in [2.45, 2.75) is 33.4 Å². The molecule has 0 spiro atoms. The van der Waals surface area contributed by atoms with Gasteiger partial charge in [0.1, 0.15) is 0 Å². The maximum atomic E-state index is 12.9. The Bertz CT molecular complexity index is 817. The summed E-state index contributed by atoms with van der Waals surface area (Å²) in [6, 6.07) is 13.6. The van der Waals surface area contributed by atoms with Crippen LogP contribution in [0.25, 0.3) is 0 Å². The number of benzene rings is 1. The fourth-order valence-corrected chi connectivity index (χ4v) is 2.97. The first-order valence-electron chi connectivity index (χ1n) is 8.84. The first-order valence-corrected chi connectivity index (χ1v) is 8.84. The number of aromatic nitrogens is 3. The molecule has 2 heterocycles. The van der Waals surface area contributed by atoms with Crippen LogP contribution in [0, 0.1) is 12.8 Å². The number of carbonyl (C=O) groups excluding carboxylic acids is 1. The van der Waals surface area contributed by atoms with E-state index in [4.69, 9.17) is 0 Å². The molecule has 2 aromatic heterocycles. The van der Waals surface area contributed by atoms with E-state index in [9.17, 15) is 4.79 Å². The molecule has 1 unspecified atom stereocenters. The fourth-order valence-electron chi connectivity index (χ4n) is 2.97. The van der Waals surface area contributed by atoms with Crippen LogP contribution in [0.5, 0.6) is 0 Å². The molecule has 0 radical (unpaired) electrons. The van der Waals surface area contributed by atoms with Gasteiger partial charge < -0.3 is 5.32 Å².